The summed E-state index contributed by atoms with van der Waals surface area (Å²) in [4.78, 5) is 32.5. The van der Waals surface area contributed by atoms with Crippen LogP contribution in [0.1, 0.15) is 23.5 Å². The molecule has 28 heavy (non-hydrogen) atoms. The minimum Gasteiger partial charge on any atom is -0.490 e. The Balaban J connectivity index is 1.74. The van der Waals surface area contributed by atoms with Gasteiger partial charge >= 0.3 is 0 Å². The first kappa shape index (κ1) is 17.7. The van der Waals surface area contributed by atoms with Crippen LogP contribution in [0.2, 0.25) is 0 Å². The molecule has 6 heteroatoms. The number of H-pyrrole nitrogens is 1. The molecule has 3 aromatic rings. The van der Waals surface area contributed by atoms with Crippen molar-refractivity contribution >= 4 is 11.7 Å². The number of amides is 1. The molecule has 0 spiro atoms. The molecule has 0 radical (unpaired) electrons. The lowest BCUT2D eigenvalue weighted by atomic mass is 9.87. The van der Waals surface area contributed by atoms with Crippen molar-refractivity contribution in [3.63, 3.8) is 0 Å². The van der Waals surface area contributed by atoms with Crippen LogP contribution in [0.15, 0.2) is 72.0 Å². The number of rotatable bonds is 5. The number of hydrogen-bond donors (Lipinski definition) is 2. The van der Waals surface area contributed by atoms with Crippen molar-refractivity contribution in [3.05, 3.63) is 88.7 Å². The molecule has 1 aromatic heterocycles. The Hall–Kier alpha value is -3.67. The van der Waals surface area contributed by atoms with Gasteiger partial charge in [0.2, 0.25) is 5.91 Å². The highest BCUT2D eigenvalue weighted by Crippen LogP contribution is 2.35. The standard InChI is InChI=1S/C22H19N3O3/c1-2-12-28-16-10-8-14(9-11-16)17-13-18(26)23-21-19(17)22(27)25-20(24-21)15-6-4-3-5-7-15/h2-11,17H,1,12-13H2,(H2,23,24,25,26,27). The van der Waals surface area contributed by atoms with Crippen LogP contribution in [0.4, 0.5) is 5.82 Å². The van der Waals surface area contributed by atoms with E-state index in [2.05, 4.69) is 21.9 Å². The largest absolute Gasteiger partial charge is 0.490 e. The SMILES string of the molecule is C=CCOc1ccc(C2CC(=O)Nc3nc(-c4ccccc4)[nH]c(=O)c32)cc1. The van der Waals surface area contributed by atoms with E-state index in [1.165, 1.54) is 0 Å². The van der Waals surface area contributed by atoms with Crippen molar-refractivity contribution in [2.45, 2.75) is 12.3 Å². The third-order valence-corrected chi connectivity index (χ3v) is 4.65. The highest BCUT2D eigenvalue weighted by molar-refractivity contribution is 5.94. The van der Waals surface area contributed by atoms with Gasteiger partial charge in [0.15, 0.2) is 0 Å². The van der Waals surface area contributed by atoms with Gasteiger partial charge in [-0.05, 0) is 17.7 Å². The second-order valence-corrected chi connectivity index (χ2v) is 6.52. The van der Waals surface area contributed by atoms with E-state index in [4.69, 9.17) is 4.74 Å². The van der Waals surface area contributed by atoms with Gasteiger partial charge in [-0.3, -0.25) is 9.59 Å². The Morgan fingerprint density at radius 2 is 1.86 bits per heavy atom. The molecule has 1 atom stereocenters. The van der Waals surface area contributed by atoms with E-state index >= 15 is 0 Å². The molecular formula is C22H19N3O3. The highest BCUT2D eigenvalue weighted by atomic mass is 16.5. The van der Waals surface area contributed by atoms with Gasteiger partial charge in [-0.25, -0.2) is 4.98 Å². The lowest BCUT2D eigenvalue weighted by molar-refractivity contribution is -0.116. The third-order valence-electron chi connectivity index (χ3n) is 4.65. The molecule has 0 saturated carbocycles. The molecule has 0 saturated heterocycles. The summed E-state index contributed by atoms with van der Waals surface area (Å²) in [6.07, 6.45) is 1.86. The van der Waals surface area contributed by atoms with Crippen molar-refractivity contribution in [1.29, 1.82) is 0 Å². The fraction of sp³-hybridized carbons (Fsp3) is 0.136. The number of carbonyl (C=O) groups excluding carboxylic acids is 1. The summed E-state index contributed by atoms with van der Waals surface area (Å²) in [5, 5.41) is 2.74. The van der Waals surface area contributed by atoms with Crippen molar-refractivity contribution in [2.75, 3.05) is 11.9 Å². The Morgan fingerprint density at radius 3 is 2.57 bits per heavy atom. The van der Waals surface area contributed by atoms with Crippen LogP contribution in [0.5, 0.6) is 5.75 Å². The maximum Gasteiger partial charge on any atom is 0.257 e. The van der Waals surface area contributed by atoms with Crippen molar-refractivity contribution in [1.82, 2.24) is 9.97 Å². The maximum absolute atomic E-state index is 12.9. The second kappa shape index (κ2) is 7.52. The number of carbonyl (C=O) groups is 1. The first-order valence-electron chi connectivity index (χ1n) is 8.99. The number of aromatic amines is 1. The minimum absolute atomic E-state index is 0.165. The molecule has 6 nitrogen and oxygen atoms in total. The van der Waals surface area contributed by atoms with Crippen LogP contribution in [0.25, 0.3) is 11.4 Å². The van der Waals surface area contributed by atoms with Gasteiger partial charge in [0.25, 0.3) is 5.56 Å². The predicted octanol–water partition coefficient (Wildman–Crippen LogP) is 3.48. The number of hydrogen-bond acceptors (Lipinski definition) is 4. The summed E-state index contributed by atoms with van der Waals surface area (Å²) in [6, 6.07) is 16.7. The first-order chi connectivity index (χ1) is 13.7. The average molecular weight is 373 g/mol. The summed E-state index contributed by atoms with van der Waals surface area (Å²) >= 11 is 0. The number of nitrogens with zero attached hydrogens (tertiary/aromatic N) is 1. The fourth-order valence-electron chi connectivity index (χ4n) is 3.34. The molecule has 2 aromatic carbocycles. The molecule has 0 fully saturated rings. The summed E-state index contributed by atoms with van der Waals surface area (Å²) in [5.74, 6) is 0.921. The van der Waals surface area contributed by atoms with E-state index in [0.717, 1.165) is 11.1 Å². The quantitative estimate of drug-likeness (QED) is 0.671. The van der Waals surface area contributed by atoms with Gasteiger partial charge in [0, 0.05) is 17.9 Å². The lowest BCUT2D eigenvalue weighted by Crippen LogP contribution is -2.31. The number of benzene rings is 2. The average Bonchev–Trinajstić information content (AvgIpc) is 2.72. The predicted molar refractivity (Wildman–Crippen MR) is 108 cm³/mol. The molecule has 2 heterocycles. The lowest BCUT2D eigenvalue weighted by Gasteiger charge is -2.24. The van der Waals surface area contributed by atoms with Gasteiger partial charge in [0.05, 0.1) is 5.56 Å². The van der Waals surface area contributed by atoms with Crippen LogP contribution in [-0.2, 0) is 4.79 Å². The topological polar surface area (TPSA) is 84.1 Å². The number of anilines is 1. The monoisotopic (exact) mass is 373 g/mol. The molecular weight excluding hydrogens is 354 g/mol. The van der Waals surface area contributed by atoms with E-state index in [0.29, 0.717) is 29.6 Å². The number of nitrogens with one attached hydrogen (secondary N) is 2. The van der Waals surface area contributed by atoms with Gasteiger partial charge in [-0.1, -0.05) is 55.1 Å². The normalized spacial score (nSPS) is 15.4. The Bertz CT molecular complexity index is 1070. The zero-order valence-electron chi connectivity index (χ0n) is 15.1. The molecule has 0 aliphatic carbocycles. The molecule has 2 N–H and O–H groups in total. The number of aromatic nitrogens is 2. The first-order valence-corrected chi connectivity index (χ1v) is 8.99. The van der Waals surface area contributed by atoms with Crippen LogP contribution < -0.4 is 15.6 Å². The summed E-state index contributed by atoms with van der Waals surface area (Å²) < 4.78 is 5.50. The summed E-state index contributed by atoms with van der Waals surface area (Å²) in [7, 11) is 0. The molecule has 1 unspecified atom stereocenters. The number of ether oxygens (including phenoxy) is 1. The Labute approximate surface area is 161 Å². The van der Waals surface area contributed by atoms with Crippen molar-refractivity contribution < 1.29 is 9.53 Å². The van der Waals surface area contributed by atoms with E-state index in [1.807, 2.05) is 54.6 Å². The van der Waals surface area contributed by atoms with Crippen molar-refractivity contribution in [2.24, 2.45) is 0 Å². The zero-order chi connectivity index (χ0) is 19.5. The Kier molecular flexibility index (Phi) is 4.76. The van der Waals surface area contributed by atoms with Gasteiger partial charge < -0.3 is 15.0 Å². The van der Waals surface area contributed by atoms with Gasteiger partial charge in [-0.15, -0.1) is 0 Å². The summed E-state index contributed by atoms with van der Waals surface area (Å²) in [6.45, 7) is 4.04. The van der Waals surface area contributed by atoms with Crippen LogP contribution in [0.3, 0.4) is 0 Å². The molecule has 1 aliphatic rings. The molecule has 4 rings (SSSR count). The smallest absolute Gasteiger partial charge is 0.257 e. The van der Waals surface area contributed by atoms with Gasteiger partial charge in [0.1, 0.15) is 24.0 Å². The van der Waals surface area contributed by atoms with Crippen LogP contribution >= 0.6 is 0 Å². The van der Waals surface area contributed by atoms with E-state index in [9.17, 15) is 9.59 Å². The van der Waals surface area contributed by atoms with Crippen LogP contribution in [0, 0.1) is 0 Å². The van der Waals surface area contributed by atoms with E-state index in [1.54, 1.807) is 6.08 Å². The fourth-order valence-corrected chi connectivity index (χ4v) is 3.34. The minimum atomic E-state index is -0.363. The molecule has 140 valence electrons. The van der Waals surface area contributed by atoms with Gasteiger partial charge in [-0.2, -0.15) is 0 Å². The highest BCUT2D eigenvalue weighted by Gasteiger charge is 2.31. The molecule has 1 amide bonds. The maximum atomic E-state index is 12.9. The zero-order valence-corrected chi connectivity index (χ0v) is 15.1. The molecule has 1 aliphatic heterocycles. The van der Waals surface area contributed by atoms with Crippen molar-refractivity contribution in [3.8, 4) is 17.1 Å². The second-order valence-electron chi connectivity index (χ2n) is 6.52. The number of fused-ring (bicyclic) bond motifs is 1. The summed E-state index contributed by atoms with van der Waals surface area (Å²) in [5.41, 5.74) is 1.86. The third kappa shape index (κ3) is 3.44. The van der Waals surface area contributed by atoms with Crippen LogP contribution in [-0.4, -0.2) is 22.5 Å². The van der Waals surface area contributed by atoms with E-state index < -0.39 is 0 Å². The van der Waals surface area contributed by atoms with E-state index in [-0.39, 0.29) is 23.8 Å². The molecule has 0 bridgehead atoms. The Morgan fingerprint density at radius 1 is 1.11 bits per heavy atom.